The van der Waals surface area contributed by atoms with Crippen LogP contribution in [0, 0.1) is 0 Å². The van der Waals surface area contributed by atoms with Gasteiger partial charge in [0, 0.05) is 24.2 Å². The van der Waals surface area contributed by atoms with E-state index in [1.165, 1.54) is 17.9 Å². The van der Waals surface area contributed by atoms with Gasteiger partial charge in [-0.05, 0) is 44.5 Å². The number of amides is 2. The van der Waals surface area contributed by atoms with Crippen molar-refractivity contribution in [3.63, 3.8) is 0 Å². The summed E-state index contributed by atoms with van der Waals surface area (Å²) in [6.07, 6.45) is 0. The fourth-order valence-corrected chi connectivity index (χ4v) is 4.72. The zero-order valence-electron chi connectivity index (χ0n) is 19.3. The summed E-state index contributed by atoms with van der Waals surface area (Å²) in [5.74, 6) is -0.228. The highest BCUT2D eigenvalue weighted by Gasteiger charge is 2.31. The topological polar surface area (TPSA) is 105 Å². The van der Waals surface area contributed by atoms with Crippen molar-refractivity contribution in [1.82, 2.24) is 10.2 Å². The molecule has 1 heterocycles. The Balaban J connectivity index is 1.95. The van der Waals surface area contributed by atoms with E-state index >= 15 is 0 Å². The number of benzene rings is 2. The Kier molecular flexibility index (Phi) is 8.27. The first-order valence-electron chi connectivity index (χ1n) is 10.9. The van der Waals surface area contributed by atoms with Crippen molar-refractivity contribution in [2.24, 2.45) is 0 Å². The van der Waals surface area contributed by atoms with Crippen LogP contribution in [-0.4, -0.2) is 56.8 Å². The Labute approximate surface area is 204 Å². The lowest BCUT2D eigenvalue weighted by Crippen LogP contribution is -2.51. The van der Waals surface area contributed by atoms with Crippen molar-refractivity contribution in [3.05, 3.63) is 53.1 Å². The zero-order chi connectivity index (χ0) is 24.9. The van der Waals surface area contributed by atoms with Crippen LogP contribution in [0.5, 0.6) is 11.5 Å². The van der Waals surface area contributed by atoms with E-state index in [2.05, 4.69) is 5.32 Å². The first-order valence-corrected chi connectivity index (χ1v) is 12.9. The van der Waals surface area contributed by atoms with Gasteiger partial charge in [0.2, 0.25) is 28.6 Å². The maximum absolute atomic E-state index is 13.5. The molecule has 1 atom stereocenters. The molecule has 1 aliphatic rings. The number of anilines is 1. The summed E-state index contributed by atoms with van der Waals surface area (Å²) in [4.78, 5) is 27.5. The lowest BCUT2D eigenvalue weighted by atomic mass is 10.1. The highest BCUT2D eigenvalue weighted by atomic mass is 35.5. The number of sulfonamides is 1. The number of hydrogen-bond acceptors (Lipinski definition) is 6. The Morgan fingerprint density at radius 3 is 2.50 bits per heavy atom. The monoisotopic (exact) mass is 509 g/mol. The molecule has 0 unspecified atom stereocenters. The van der Waals surface area contributed by atoms with Crippen LogP contribution < -0.4 is 19.1 Å². The molecule has 3 rings (SSSR count). The minimum absolute atomic E-state index is 0.0356. The molecule has 0 fully saturated rings. The molecule has 2 aromatic carbocycles. The van der Waals surface area contributed by atoms with Gasteiger partial charge in [-0.1, -0.05) is 29.8 Å². The number of hydrogen-bond donors (Lipinski definition) is 1. The van der Waals surface area contributed by atoms with Crippen molar-refractivity contribution in [2.75, 3.05) is 29.9 Å². The van der Waals surface area contributed by atoms with Crippen LogP contribution in [0.15, 0.2) is 42.5 Å². The van der Waals surface area contributed by atoms with E-state index in [1.54, 1.807) is 50.2 Å². The van der Waals surface area contributed by atoms with E-state index < -0.39 is 28.5 Å². The molecular formula is C23H28ClN3O6S. The summed E-state index contributed by atoms with van der Waals surface area (Å²) in [5.41, 5.74) is 0.907. The van der Waals surface area contributed by atoms with Gasteiger partial charge in [-0.25, -0.2) is 8.42 Å². The maximum Gasteiger partial charge on any atom is 0.244 e. The van der Waals surface area contributed by atoms with Crippen LogP contribution in [0.1, 0.15) is 26.3 Å². The summed E-state index contributed by atoms with van der Waals surface area (Å²) >= 11 is 6.30. The van der Waals surface area contributed by atoms with Crippen LogP contribution in [0.2, 0.25) is 5.02 Å². The Bertz CT molecular complexity index is 1160. The standard InChI is InChI=1S/C23H28ClN3O6S/c1-4-25-23(29)16(3)26(13-17-8-6-7-9-19(17)24)22(28)14-27(34(30,31)5-2)18-10-11-20-21(12-18)33-15-32-20/h6-12,16H,4-5,13-15H2,1-3H3,(H,25,29)/t16-/m1/s1. The lowest BCUT2D eigenvalue weighted by molar-refractivity contribution is -0.139. The summed E-state index contributed by atoms with van der Waals surface area (Å²) in [7, 11) is -3.83. The van der Waals surface area contributed by atoms with Crippen molar-refractivity contribution in [2.45, 2.75) is 33.4 Å². The third-order valence-electron chi connectivity index (χ3n) is 5.44. The van der Waals surface area contributed by atoms with Crippen LogP contribution in [0.3, 0.4) is 0 Å². The van der Waals surface area contributed by atoms with Gasteiger partial charge in [-0.3, -0.25) is 13.9 Å². The predicted molar refractivity (Wildman–Crippen MR) is 130 cm³/mol. The van der Waals surface area contributed by atoms with Gasteiger partial charge >= 0.3 is 0 Å². The summed E-state index contributed by atoms with van der Waals surface area (Å²) < 4.78 is 37.6. The second-order valence-corrected chi connectivity index (χ2v) is 10.2. The molecule has 0 saturated carbocycles. The fourth-order valence-electron chi connectivity index (χ4n) is 3.47. The van der Waals surface area contributed by atoms with Gasteiger partial charge in [0.1, 0.15) is 12.6 Å². The number of rotatable bonds is 10. The van der Waals surface area contributed by atoms with Gasteiger partial charge in [0.15, 0.2) is 11.5 Å². The van der Waals surface area contributed by atoms with E-state index in [0.717, 1.165) is 4.31 Å². The molecule has 0 radical (unpaired) electrons. The SMILES string of the molecule is CCNC(=O)[C@@H](C)N(Cc1ccccc1Cl)C(=O)CN(c1ccc2c(c1)OCO2)S(=O)(=O)CC. The normalized spacial score (nSPS) is 13.3. The van der Waals surface area contributed by atoms with Gasteiger partial charge in [-0.15, -0.1) is 0 Å². The van der Waals surface area contributed by atoms with Crippen molar-refractivity contribution in [1.29, 1.82) is 0 Å². The zero-order valence-corrected chi connectivity index (χ0v) is 20.9. The van der Waals surface area contributed by atoms with Gasteiger partial charge in [0.05, 0.1) is 11.4 Å². The fraction of sp³-hybridized carbons (Fsp3) is 0.391. The highest BCUT2D eigenvalue weighted by Crippen LogP contribution is 2.36. The van der Waals surface area contributed by atoms with E-state index in [1.807, 2.05) is 0 Å². The number of nitrogens with one attached hydrogen (secondary N) is 1. The molecule has 184 valence electrons. The molecule has 0 aliphatic carbocycles. The third-order valence-corrected chi connectivity index (χ3v) is 7.55. The van der Waals surface area contributed by atoms with Gasteiger partial charge in [-0.2, -0.15) is 0 Å². The first kappa shape index (κ1) is 25.6. The van der Waals surface area contributed by atoms with Crippen molar-refractivity contribution >= 4 is 39.1 Å². The van der Waals surface area contributed by atoms with Gasteiger partial charge in [0.25, 0.3) is 0 Å². The second-order valence-electron chi connectivity index (χ2n) is 7.63. The smallest absolute Gasteiger partial charge is 0.244 e. The number of carbonyl (C=O) groups excluding carboxylic acids is 2. The Morgan fingerprint density at radius 2 is 1.82 bits per heavy atom. The molecule has 11 heteroatoms. The largest absolute Gasteiger partial charge is 0.454 e. The second kappa shape index (κ2) is 11.0. The Morgan fingerprint density at radius 1 is 1.12 bits per heavy atom. The highest BCUT2D eigenvalue weighted by molar-refractivity contribution is 7.92. The maximum atomic E-state index is 13.5. The summed E-state index contributed by atoms with van der Waals surface area (Å²) in [5, 5.41) is 3.15. The molecule has 2 amide bonds. The molecule has 34 heavy (non-hydrogen) atoms. The van der Waals surface area contributed by atoms with E-state index in [4.69, 9.17) is 21.1 Å². The van der Waals surface area contributed by atoms with Crippen LogP contribution in [0.4, 0.5) is 5.69 Å². The van der Waals surface area contributed by atoms with Crippen LogP contribution in [-0.2, 0) is 26.2 Å². The number of fused-ring (bicyclic) bond motifs is 1. The minimum Gasteiger partial charge on any atom is -0.454 e. The molecule has 0 aromatic heterocycles. The lowest BCUT2D eigenvalue weighted by Gasteiger charge is -2.32. The first-order chi connectivity index (χ1) is 16.2. The molecule has 0 saturated heterocycles. The number of ether oxygens (including phenoxy) is 2. The molecule has 2 aromatic rings. The number of halogens is 1. The average Bonchev–Trinajstić information content (AvgIpc) is 3.29. The quantitative estimate of drug-likeness (QED) is 0.528. The van der Waals surface area contributed by atoms with E-state index in [9.17, 15) is 18.0 Å². The van der Waals surface area contributed by atoms with Crippen LogP contribution in [0.25, 0.3) is 0 Å². The summed E-state index contributed by atoms with van der Waals surface area (Å²) in [6, 6.07) is 10.8. The third kappa shape index (κ3) is 5.74. The van der Waals surface area contributed by atoms with Gasteiger partial charge < -0.3 is 19.7 Å². The minimum atomic E-state index is -3.83. The number of likely N-dealkylation sites (N-methyl/N-ethyl adjacent to an activating group) is 1. The molecule has 1 aliphatic heterocycles. The number of carbonyl (C=O) groups is 2. The molecule has 1 N–H and O–H groups in total. The average molecular weight is 510 g/mol. The predicted octanol–water partition coefficient (Wildman–Crippen LogP) is 2.78. The van der Waals surface area contributed by atoms with E-state index in [0.29, 0.717) is 28.6 Å². The molecule has 0 spiro atoms. The van der Waals surface area contributed by atoms with Crippen LogP contribution >= 0.6 is 11.6 Å². The molecule has 9 nitrogen and oxygen atoms in total. The number of nitrogens with zero attached hydrogens (tertiary/aromatic N) is 2. The Hall–Kier alpha value is -2.98. The van der Waals surface area contributed by atoms with Crippen molar-refractivity contribution < 1.29 is 27.5 Å². The molecular weight excluding hydrogens is 482 g/mol. The molecule has 0 bridgehead atoms. The van der Waals surface area contributed by atoms with E-state index in [-0.39, 0.29) is 30.7 Å². The summed E-state index contributed by atoms with van der Waals surface area (Å²) in [6.45, 7) is 4.85. The van der Waals surface area contributed by atoms with Crippen molar-refractivity contribution in [3.8, 4) is 11.5 Å².